The van der Waals surface area contributed by atoms with Crippen molar-refractivity contribution in [1.82, 2.24) is 4.31 Å². The van der Waals surface area contributed by atoms with Gasteiger partial charge in [-0.15, -0.1) is 0 Å². The number of rotatable bonds is 6. The first-order valence-corrected chi connectivity index (χ1v) is 11.8. The predicted octanol–water partition coefficient (Wildman–Crippen LogP) is 3.64. The van der Waals surface area contributed by atoms with E-state index in [2.05, 4.69) is 12.2 Å². The zero-order chi connectivity index (χ0) is 23.6. The van der Waals surface area contributed by atoms with Crippen LogP contribution in [0.25, 0.3) is 0 Å². The zero-order valence-electron chi connectivity index (χ0n) is 18.7. The van der Waals surface area contributed by atoms with Crippen LogP contribution in [0.15, 0.2) is 41.3 Å². The number of benzene rings is 2. The van der Waals surface area contributed by atoms with Crippen LogP contribution in [0.2, 0.25) is 0 Å². The van der Waals surface area contributed by atoms with Gasteiger partial charge < -0.3 is 10.2 Å². The van der Waals surface area contributed by atoms with Crippen molar-refractivity contribution < 1.29 is 18.1 Å². The van der Waals surface area contributed by atoms with E-state index in [1.54, 1.807) is 31.2 Å². The van der Waals surface area contributed by atoms with Crippen molar-refractivity contribution in [2.45, 2.75) is 31.6 Å². The number of aryl methyl sites for hydroxylation is 1. The van der Waals surface area contributed by atoms with E-state index in [0.29, 0.717) is 17.2 Å². The molecule has 172 valence electrons. The Hall–Kier alpha value is -2.98. The second-order valence-corrected chi connectivity index (χ2v) is 10.5. The number of hydrogen-bond donors (Lipinski definition) is 1. The molecule has 0 aliphatic carbocycles. The highest BCUT2D eigenvalue weighted by Crippen LogP contribution is 2.33. The number of hydrogen-bond acceptors (Lipinski definition) is 6. The summed E-state index contributed by atoms with van der Waals surface area (Å²) in [6.45, 7) is 5.26. The topological polar surface area (TPSA) is 113 Å². The van der Waals surface area contributed by atoms with Gasteiger partial charge in [0.1, 0.15) is 5.69 Å². The molecule has 2 aromatic carbocycles. The second-order valence-electron chi connectivity index (χ2n) is 8.38. The van der Waals surface area contributed by atoms with E-state index in [0.717, 1.165) is 30.2 Å². The molecular weight excluding hydrogens is 432 g/mol. The van der Waals surface area contributed by atoms with E-state index in [1.807, 2.05) is 4.90 Å². The average molecular weight is 461 g/mol. The summed E-state index contributed by atoms with van der Waals surface area (Å²) in [7, 11) is -0.815. The third-order valence-corrected chi connectivity index (χ3v) is 7.59. The number of nitro groups is 1. The maximum absolute atomic E-state index is 12.8. The van der Waals surface area contributed by atoms with E-state index in [-0.39, 0.29) is 21.8 Å². The van der Waals surface area contributed by atoms with E-state index in [1.165, 1.54) is 26.2 Å². The number of nitrogens with one attached hydrogen (secondary N) is 1. The molecule has 32 heavy (non-hydrogen) atoms. The number of sulfonamides is 1. The van der Waals surface area contributed by atoms with Crippen molar-refractivity contribution >= 4 is 33.0 Å². The van der Waals surface area contributed by atoms with Crippen LogP contribution in [0.1, 0.15) is 35.7 Å². The summed E-state index contributed by atoms with van der Waals surface area (Å²) in [5, 5.41) is 14.4. The van der Waals surface area contributed by atoms with Gasteiger partial charge >= 0.3 is 0 Å². The molecule has 1 amide bonds. The van der Waals surface area contributed by atoms with Crippen LogP contribution >= 0.6 is 0 Å². The third kappa shape index (κ3) is 4.91. The molecule has 1 atom stereocenters. The van der Waals surface area contributed by atoms with Crippen LogP contribution in [0, 0.1) is 23.0 Å². The summed E-state index contributed by atoms with van der Waals surface area (Å²) in [5.74, 6) is -0.107. The second kappa shape index (κ2) is 9.25. The molecule has 0 aromatic heterocycles. The summed E-state index contributed by atoms with van der Waals surface area (Å²) in [5.41, 5.74) is 1.35. The molecule has 0 saturated carbocycles. The first-order valence-electron chi connectivity index (χ1n) is 10.4. The molecule has 0 unspecified atom stereocenters. The van der Waals surface area contributed by atoms with Crippen LogP contribution in [-0.4, -0.2) is 50.7 Å². The summed E-state index contributed by atoms with van der Waals surface area (Å²) >= 11 is 0. The Morgan fingerprint density at radius 1 is 1.22 bits per heavy atom. The number of amides is 1. The van der Waals surface area contributed by atoms with Crippen LogP contribution in [0.3, 0.4) is 0 Å². The normalized spacial score (nSPS) is 16.8. The van der Waals surface area contributed by atoms with Crippen LogP contribution in [-0.2, 0) is 10.0 Å². The molecule has 3 rings (SSSR count). The first-order chi connectivity index (χ1) is 15.0. The van der Waals surface area contributed by atoms with Crippen LogP contribution < -0.4 is 10.2 Å². The fourth-order valence-electron chi connectivity index (χ4n) is 3.84. The number of anilines is 2. The van der Waals surface area contributed by atoms with Gasteiger partial charge in [0.05, 0.1) is 9.82 Å². The van der Waals surface area contributed by atoms with E-state index >= 15 is 0 Å². The number of carbonyl (C=O) groups excluding carboxylic acids is 1. The molecule has 1 fully saturated rings. The molecule has 0 bridgehead atoms. The predicted molar refractivity (Wildman–Crippen MR) is 124 cm³/mol. The molecule has 1 aliphatic rings. The van der Waals surface area contributed by atoms with E-state index in [9.17, 15) is 23.3 Å². The molecule has 1 aliphatic heterocycles. The Labute approximate surface area is 188 Å². The molecule has 1 N–H and O–H groups in total. The van der Waals surface area contributed by atoms with Gasteiger partial charge in [-0.2, -0.15) is 0 Å². The quantitative estimate of drug-likeness (QED) is 0.520. The Balaban J connectivity index is 1.89. The molecule has 1 heterocycles. The minimum Gasteiger partial charge on any atom is -0.366 e. The fourth-order valence-corrected chi connectivity index (χ4v) is 4.99. The highest BCUT2D eigenvalue weighted by molar-refractivity contribution is 7.89. The number of piperidine rings is 1. The lowest BCUT2D eigenvalue weighted by Crippen LogP contribution is -2.34. The molecule has 0 spiro atoms. The van der Waals surface area contributed by atoms with Crippen molar-refractivity contribution in [3.63, 3.8) is 0 Å². The lowest BCUT2D eigenvalue weighted by Gasteiger charge is -2.32. The molecular formula is C22H28N4O5S. The average Bonchev–Trinajstić information content (AvgIpc) is 2.74. The maximum Gasteiger partial charge on any atom is 0.293 e. The van der Waals surface area contributed by atoms with Gasteiger partial charge in [-0.3, -0.25) is 14.9 Å². The van der Waals surface area contributed by atoms with Crippen LogP contribution in [0.5, 0.6) is 0 Å². The van der Waals surface area contributed by atoms with Gasteiger partial charge in [0.15, 0.2) is 0 Å². The van der Waals surface area contributed by atoms with E-state index in [4.69, 9.17) is 0 Å². The number of nitrogens with zero attached hydrogens (tertiary/aromatic N) is 3. The van der Waals surface area contributed by atoms with Gasteiger partial charge in [-0.25, -0.2) is 12.7 Å². The van der Waals surface area contributed by atoms with Crippen molar-refractivity contribution in [3.05, 3.63) is 57.6 Å². The van der Waals surface area contributed by atoms with Gasteiger partial charge in [0.25, 0.3) is 11.6 Å². The Kier molecular flexibility index (Phi) is 6.85. The van der Waals surface area contributed by atoms with Crippen molar-refractivity contribution in [3.8, 4) is 0 Å². The zero-order valence-corrected chi connectivity index (χ0v) is 19.5. The van der Waals surface area contributed by atoms with Gasteiger partial charge in [0.2, 0.25) is 10.0 Å². The smallest absolute Gasteiger partial charge is 0.293 e. The minimum absolute atomic E-state index is 0.0841. The maximum atomic E-state index is 12.8. The molecule has 10 heteroatoms. The Morgan fingerprint density at radius 2 is 1.94 bits per heavy atom. The van der Waals surface area contributed by atoms with Crippen LogP contribution in [0.4, 0.5) is 17.1 Å². The first kappa shape index (κ1) is 23.7. The molecule has 9 nitrogen and oxygen atoms in total. The Bertz CT molecular complexity index is 1150. The molecule has 0 radical (unpaired) electrons. The van der Waals surface area contributed by atoms with Crippen molar-refractivity contribution in [1.29, 1.82) is 0 Å². The largest absolute Gasteiger partial charge is 0.366 e. The summed E-state index contributed by atoms with van der Waals surface area (Å²) in [6.07, 6.45) is 2.05. The van der Waals surface area contributed by atoms with Gasteiger partial charge in [0, 0.05) is 44.5 Å². The lowest BCUT2D eigenvalue weighted by atomic mass is 9.99. The monoisotopic (exact) mass is 460 g/mol. The number of nitro benzene ring substituents is 1. The third-order valence-electron chi connectivity index (χ3n) is 5.64. The Morgan fingerprint density at radius 3 is 2.56 bits per heavy atom. The molecule has 1 saturated heterocycles. The standard InChI is InChI=1S/C22H28N4O5S/c1-15-6-5-11-25(14-15)19-10-8-17(12-20(19)26(28)29)22(27)23-18-9-7-16(2)21(13-18)32(30,31)24(3)4/h7-10,12-13,15H,5-6,11,14H2,1-4H3,(H,23,27)/t15-/m1/s1. The molecule has 2 aromatic rings. The van der Waals surface area contributed by atoms with E-state index < -0.39 is 20.9 Å². The lowest BCUT2D eigenvalue weighted by molar-refractivity contribution is -0.384. The SMILES string of the molecule is Cc1ccc(NC(=O)c2ccc(N3CCC[C@@H](C)C3)c([N+](=O)[O-])c2)cc1S(=O)(=O)N(C)C. The summed E-state index contributed by atoms with van der Waals surface area (Å²) < 4.78 is 26.2. The fraction of sp³-hybridized carbons (Fsp3) is 0.409. The summed E-state index contributed by atoms with van der Waals surface area (Å²) in [6, 6.07) is 9.04. The number of carbonyl (C=O) groups is 1. The highest BCUT2D eigenvalue weighted by atomic mass is 32.2. The minimum atomic E-state index is -3.68. The highest BCUT2D eigenvalue weighted by Gasteiger charge is 2.26. The van der Waals surface area contributed by atoms with Gasteiger partial charge in [-0.05, 0) is 55.5 Å². The van der Waals surface area contributed by atoms with Crippen molar-refractivity contribution in [2.24, 2.45) is 5.92 Å². The summed E-state index contributed by atoms with van der Waals surface area (Å²) in [4.78, 5) is 26.1. The van der Waals surface area contributed by atoms with Gasteiger partial charge in [-0.1, -0.05) is 13.0 Å². The van der Waals surface area contributed by atoms with Crippen molar-refractivity contribution in [2.75, 3.05) is 37.4 Å².